The Bertz CT molecular complexity index is 442. The third-order valence-electron chi connectivity index (χ3n) is 4.66. The molecule has 1 aromatic heterocycles. The van der Waals surface area contributed by atoms with Crippen LogP contribution in [-0.2, 0) is 13.5 Å². The van der Waals surface area contributed by atoms with E-state index >= 15 is 0 Å². The highest BCUT2D eigenvalue weighted by Gasteiger charge is 2.31. The number of hydrogen-bond donors (Lipinski definition) is 1. The van der Waals surface area contributed by atoms with Crippen molar-refractivity contribution in [2.24, 2.45) is 24.8 Å². The molecule has 0 amide bonds. The molecule has 0 bridgehead atoms. The molecule has 1 fully saturated rings. The van der Waals surface area contributed by atoms with Gasteiger partial charge in [0.2, 0.25) is 0 Å². The van der Waals surface area contributed by atoms with E-state index in [1.165, 1.54) is 0 Å². The van der Waals surface area contributed by atoms with Crippen LogP contribution >= 0.6 is 11.6 Å². The van der Waals surface area contributed by atoms with Gasteiger partial charge in [-0.25, -0.2) is 0 Å². The van der Waals surface area contributed by atoms with Gasteiger partial charge in [0.15, 0.2) is 0 Å². The fraction of sp³-hybridized carbons (Fsp3) is 0.800. The van der Waals surface area contributed by atoms with E-state index in [0.717, 1.165) is 48.0 Å². The van der Waals surface area contributed by atoms with Crippen LogP contribution < -0.4 is 0 Å². The molecule has 1 aromatic rings. The molecule has 0 spiro atoms. The lowest BCUT2D eigenvalue weighted by Gasteiger charge is -2.35. The number of hydrogen-bond acceptors (Lipinski definition) is 2. The molecule has 4 heteroatoms. The van der Waals surface area contributed by atoms with Gasteiger partial charge < -0.3 is 5.11 Å². The van der Waals surface area contributed by atoms with Crippen molar-refractivity contribution in [1.29, 1.82) is 0 Å². The van der Waals surface area contributed by atoms with E-state index in [-0.39, 0.29) is 6.10 Å². The smallest absolute Gasteiger partial charge is 0.130 e. The summed E-state index contributed by atoms with van der Waals surface area (Å²) in [6.45, 7) is 6.56. The van der Waals surface area contributed by atoms with Gasteiger partial charge >= 0.3 is 0 Å². The summed E-state index contributed by atoms with van der Waals surface area (Å²) in [5.41, 5.74) is 2.10. The molecular formula is C15H25ClN2O. The predicted molar refractivity (Wildman–Crippen MR) is 78.3 cm³/mol. The second-order valence-electron chi connectivity index (χ2n) is 6.33. The Morgan fingerprint density at radius 3 is 2.63 bits per heavy atom. The van der Waals surface area contributed by atoms with Crippen molar-refractivity contribution >= 4 is 11.6 Å². The Kier molecular flexibility index (Phi) is 4.57. The zero-order valence-corrected chi connectivity index (χ0v) is 13.1. The monoisotopic (exact) mass is 284 g/mol. The molecular weight excluding hydrogens is 260 g/mol. The van der Waals surface area contributed by atoms with Gasteiger partial charge in [0.05, 0.1) is 11.8 Å². The molecule has 0 aliphatic heterocycles. The van der Waals surface area contributed by atoms with Crippen LogP contribution in [0.15, 0.2) is 0 Å². The van der Waals surface area contributed by atoms with Crippen LogP contribution in [0.5, 0.6) is 0 Å². The van der Waals surface area contributed by atoms with Crippen LogP contribution in [0.1, 0.15) is 44.4 Å². The summed E-state index contributed by atoms with van der Waals surface area (Å²) in [6, 6.07) is 0. The lowest BCUT2D eigenvalue weighted by atomic mass is 9.73. The maximum atomic E-state index is 10.2. The fourth-order valence-corrected chi connectivity index (χ4v) is 3.53. The van der Waals surface area contributed by atoms with Crippen LogP contribution in [0.3, 0.4) is 0 Å². The summed E-state index contributed by atoms with van der Waals surface area (Å²) >= 11 is 6.30. The van der Waals surface area contributed by atoms with Crippen LogP contribution in [-0.4, -0.2) is 21.0 Å². The number of nitrogens with zero attached hydrogens (tertiary/aromatic N) is 2. The highest BCUT2D eigenvalue weighted by Crippen LogP contribution is 2.37. The van der Waals surface area contributed by atoms with Gasteiger partial charge in [0.25, 0.3) is 0 Å². The second-order valence-corrected chi connectivity index (χ2v) is 6.69. The predicted octanol–water partition coefficient (Wildman–Crippen LogP) is 3.36. The number of rotatable bonds is 3. The van der Waals surface area contributed by atoms with Crippen molar-refractivity contribution in [3.63, 3.8) is 0 Å². The minimum atomic E-state index is -0.189. The Hall–Kier alpha value is -0.540. The van der Waals surface area contributed by atoms with Gasteiger partial charge in [0, 0.05) is 12.6 Å². The van der Waals surface area contributed by atoms with E-state index in [0.29, 0.717) is 11.8 Å². The molecule has 1 saturated carbocycles. The van der Waals surface area contributed by atoms with Crippen LogP contribution in [0, 0.1) is 24.7 Å². The van der Waals surface area contributed by atoms with Gasteiger partial charge in [-0.15, -0.1) is 0 Å². The summed E-state index contributed by atoms with van der Waals surface area (Å²) in [5.74, 6) is 1.74. The molecule has 3 nitrogen and oxygen atoms in total. The Morgan fingerprint density at radius 2 is 2.11 bits per heavy atom. The SMILES string of the molecule is Cc1nn(C)c(Cl)c1CC1CC(C(C)C)CCC1O. The quantitative estimate of drug-likeness (QED) is 0.924. The lowest BCUT2D eigenvalue weighted by molar-refractivity contribution is 0.0378. The maximum Gasteiger partial charge on any atom is 0.130 e. The minimum Gasteiger partial charge on any atom is -0.393 e. The van der Waals surface area contributed by atoms with Crippen LogP contribution in [0.25, 0.3) is 0 Å². The van der Waals surface area contributed by atoms with E-state index in [4.69, 9.17) is 11.6 Å². The first-order valence-electron chi connectivity index (χ1n) is 7.26. The highest BCUT2D eigenvalue weighted by molar-refractivity contribution is 6.30. The molecule has 1 N–H and O–H groups in total. The summed E-state index contributed by atoms with van der Waals surface area (Å²) < 4.78 is 1.72. The van der Waals surface area contributed by atoms with Gasteiger partial charge in [-0.05, 0) is 50.4 Å². The number of aromatic nitrogens is 2. The standard InChI is InChI=1S/C15H25ClN2O/c1-9(2)11-5-6-14(19)12(7-11)8-13-10(3)17-18(4)15(13)16/h9,11-12,14,19H,5-8H2,1-4H3. The largest absolute Gasteiger partial charge is 0.393 e. The topological polar surface area (TPSA) is 38.0 Å². The van der Waals surface area contributed by atoms with E-state index < -0.39 is 0 Å². The normalized spacial score (nSPS) is 28.1. The van der Waals surface area contributed by atoms with Gasteiger partial charge in [-0.3, -0.25) is 4.68 Å². The third-order valence-corrected chi connectivity index (χ3v) is 5.13. The molecule has 0 aromatic carbocycles. The molecule has 19 heavy (non-hydrogen) atoms. The second kappa shape index (κ2) is 5.84. The molecule has 1 aliphatic carbocycles. The molecule has 1 aliphatic rings. The zero-order valence-electron chi connectivity index (χ0n) is 12.4. The van der Waals surface area contributed by atoms with E-state index in [9.17, 15) is 5.11 Å². The number of aliphatic hydroxyl groups excluding tert-OH is 1. The van der Waals surface area contributed by atoms with Crippen molar-refractivity contribution < 1.29 is 5.11 Å². The number of halogens is 1. The zero-order chi connectivity index (χ0) is 14.2. The first-order valence-corrected chi connectivity index (χ1v) is 7.64. The van der Waals surface area contributed by atoms with Crippen molar-refractivity contribution in [3.8, 4) is 0 Å². The van der Waals surface area contributed by atoms with Crippen molar-refractivity contribution in [2.45, 2.75) is 52.6 Å². The lowest BCUT2D eigenvalue weighted by Crippen LogP contribution is -2.32. The highest BCUT2D eigenvalue weighted by atomic mass is 35.5. The molecule has 108 valence electrons. The molecule has 2 rings (SSSR count). The molecule has 3 unspecified atom stereocenters. The fourth-order valence-electron chi connectivity index (χ4n) is 3.28. The molecule has 3 atom stereocenters. The summed E-state index contributed by atoms with van der Waals surface area (Å²) in [7, 11) is 1.87. The first kappa shape index (κ1) is 14.9. The Labute approximate surface area is 121 Å². The van der Waals surface area contributed by atoms with E-state index in [1.807, 2.05) is 14.0 Å². The van der Waals surface area contributed by atoms with E-state index in [1.54, 1.807) is 4.68 Å². The molecule has 0 saturated heterocycles. The third kappa shape index (κ3) is 3.14. The van der Waals surface area contributed by atoms with Gasteiger partial charge in [-0.2, -0.15) is 5.10 Å². The average molecular weight is 285 g/mol. The van der Waals surface area contributed by atoms with Crippen LogP contribution in [0.4, 0.5) is 0 Å². The summed E-state index contributed by atoms with van der Waals surface area (Å²) in [6.07, 6.45) is 3.83. The summed E-state index contributed by atoms with van der Waals surface area (Å²) in [4.78, 5) is 0. The Morgan fingerprint density at radius 1 is 1.42 bits per heavy atom. The first-order chi connectivity index (χ1) is 8.90. The number of aryl methyl sites for hydroxylation is 2. The van der Waals surface area contributed by atoms with Gasteiger partial charge in [0.1, 0.15) is 5.15 Å². The maximum absolute atomic E-state index is 10.2. The van der Waals surface area contributed by atoms with Crippen molar-refractivity contribution in [1.82, 2.24) is 9.78 Å². The van der Waals surface area contributed by atoms with E-state index in [2.05, 4.69) is 18.9 Å². The van der Waals surface area contributed by atoms with Gasteiger partial charge in [-0.1, -0.05) is 25.4 Å². The average Bonchev–Trinajstić information content (AvgIpc) is 2.58. The van der Waals surface area contributed by atoms with Crippen LogP contribution in [0.2, 0.25) is 5.15 Å². The Balaban J connectivity index is 2.12. The van der Waals surface area contributed by atoms with Crippen molar-refractivity contribution in [3.05, 3.63) is 16.4 Å². The minimum absolute atomic E-state index is 0.189. The summed E-state index contributed by atoms with van der Waals surface area (Å²) in [5, 5.41) is 15.3. The number of aliphatic hydroxyl groups is 1. The molecule has 0 radical (unpaired) electrons. The van der Waals surface area contributed by atoms with Crippen molar-refractivity contribution in [2.75, 3.05) is 0 Å². The molecule has 1 heterocycles.